The van der Waals surface area contributed by atoms with Crippen LogP contribution >= 0.6 is 23.2 Å². The van der Waals surface area contributed by atoms with Gasteiger partial charge in [0.05, 0.1) is 16.1 Å². The number of hydrogen-bond donors (Lipinski definition) is 1. The van der Waals surface area contributed by atoms with Gasteiger partial charge in [-0.2, -0.15) is 0 Å². The first-order chi connectivity index (χ1) is 6.63. The van der Waals surface area contributed by atoms with E-state index in [2.05, 4.69) is 0 Å². The van der Waals surface area contributed by atoms with E-state index in [4.69, 9.17) is 27.9 Å². The van der Waals surface area contributed by atoms with Crippen LogP contribution in [-0.2, 0) is 0 Å². The topological polar surface area (TPSA) is 29.5 Å². The molecule has 0 aromatic heterocycles. The molecule has 2 nitrogen and oxygen atoms in total. The van der Waals surface area contributed by atoms with E-state index in [9.17, 15) is 5.11 Å². The summed E-state index contributed by atoms with van der Waals surface area (Å²) in [4.78, 5) is 0. The number of ether oxygens (including phenoxy) is 1. The lowest BCUT2D eigenvalue weighted by molar-refractivity contribution is 0.104. The highest BCUT2D eigenvalue weighted by Crippen LogP contribution is 2.26. The Morgan fingerprint density at radius 1 is 1.36 bits per heavy atom. The lowest BCUT2D eigenvalue weighted by atomic mass is 10.3. The van der Waals surface area contributed by atoms with Crippen molar-refractivity contribution < 1.29 is 9.84 Å². The summed E-state index contributed by atoms with van der Waals surface area (Å²) in [6.07, 6.45) is 0.228. The SMILES string of the molecule is CCC(O)COc1ccc(Cl)c(Cl)c1. The lowest BCUT2D eigenvalue weighted by Gasteiger charge is -2.10. The molecule has 78 valence electrons. The van der Waals surface area contributed by atoms with Crippen molar-refractivity contribution in [2.45, 2.75) is 19.4 Å². The number of aliphatic hydroxyl groups is 1. The second kappa shape index (κ2) is 5.44. The maximum Gasteiger partial charge on any atom is 0.121 e. The van der Waals surface area contributed by atoms with Gasteiger partial charge in [0.15, 0.2) is 0 Å². The Morgan fingerprint density at radius 3 is 2.64 bits per heavy atom. The highest BCUT2D eigenvalue weighted by atomic mass is 35.5. The quantitative estimate of drug-likeness (QED) is 0.868. The molecule has 14 heavy (non-hydrogen) atoms. The predicted molar refractivity (Wildman–Crippen MR) is 58.3 cm³/mol. The molecule has 1 N–H and O–H groups in total. The van der Waals surface area contributed by atoms with Crippen LogP contribution in [0.5, 0.6) is 5.75 Å². The van der Waals surface area contributed by atoms with E-state index < -0.39 is 6.10 Å². The number of rotatable bonds is 4. The zero-order chi connectivity index (χ0) is 10.6. The highest BCUT2D eigenvalue weighted by Gasteiger charge is 2.03. The van der Waals surface area contributed by atoms with E-state index in [-0.39, 0.29) is 6.61 Å². The molecule has 1 unspecified atom stereocenters. The monoisotopic (exact) mass is 234 g/mol. The number of benzene rings is 1. The fourth-order valence-corrected chi connectivity index (χ4v) is 1.16. The van der Waals surface area contributed by atoms with Crippen molar-refractivity contribution in [1.29, 1.82) is 0 Å². The van der Waals surface area contributed by atoms with Crippen LogP contribution < -0.4 is 4.74 Å². The normalized spacial score (nSPS) is 12.6. The van der Waals surface area contributed by atoms with E-state index in [0.717, 1.165) is 0 Å². The minimum Gasteiger partial charge on any atom is -0.491 e. The molecular formula is C10H12Cl2O2. The first-order valence-electron chi connectivity index (χ1n) is 4.39. The van der Waals surface area contributed by atoms with Crippen LogP contribution in [0.15, 0.2) is 18.2 Å². The summed E-state index contributed by atoms with van der Waals surface area (Å²) in [6, 6.07) is 5.01. The van der Waals surface area contributed by atoms with Crippen LogP contribution in [0.25, 0.3) is 0 Å². The summed E-state index contributed by atoms with van der Waals surface area (Å²) in [7, 11) is 0. The molecule has 0 aliphatic heterocycles. The maximum absolute atomic E-state index is 9.26. The van der Waals surface area contributed by atoms with Gasteiger partial charge < -0.3 is 9.84 Å². The number of hydrogen-bond acceptors (Lipinski definition) is 2. The van der Waals surface area contributed by atoms with Gasteiger partial charge in [-0.1, -0.05) is 30.1 Å². The van der Waals surface area contributed by atoms with Gasteiger partial charge >= 0.3 is 0 Å². The summed E-state index contributed by atoms with van der Waals surface area (Å²) in [5.74, 6) is 0.618. The fraction of sp³-hybridized carbons (Fsp3) is 0.400. The highest BCUT2D eigenvalue weighted by molar-refractivity contribution is 6.42. The van der Waals surface area contributed by atoms with Crippen molar-refractivity contribution in [2.24, 2.45) is 0 Å². The van der Waals surface area contributed by atoms with Crippen molar-refractivity contribution in [3.63, 3.8) is 0 Å². The summed E-state index contributed by atoms with van der Waals surface area (Å²) >= 11 is 11.5. The van der Waals surface area contributed by atoms with Crippen LogP contribution in [0.4, 0.5) is 0 Å². The molecule has 0 saturated heterocycles. The molecule has 0 amide bonds. The first kappa shape index (κ1) is 11.6. The Labute approximate surface area is 93.4 Å². The van der Waals surface area contributed by atoms with E-state index in [1.165, 1.54) is 0 Å². The van der Waals surface area contributed by atoms with E-state index in [1.54, 1.807) is 18.2 Å². The second-order valence-electron chi connectivity index (χ2n) is 2.95. The van der Waals surface area contributed by atoms with E-state index in [1.807, 2.05) is 6.92 Å². The molecule has 4 heteroatoms. The van der Waals surface area contributed by atoms with Crippen LogP contribution in [0.3, 0.4) is 0 Å². The Kier molecular flexibility index (Phi) is 4.52. The summed E-state index contributed by atoms with van der Waals surface area (Å²) in [5.41, 5.74) is 0. The molecule has 1 atom stereocenters. The molecule has 0 aliphatic rings. The Morgan fingerprint density at radius 2 is 2.07 bits per heavy atom. The third-order valence-corrected chi connectivity index (χ3v) is 2.54. The zero-order valence-corrected chi connectivity index (χ0v) is 9.35. The average molecular weight is 235 g/mol. The average Bonchev–Trinajstić information content (AvgIpc) is 2.19. The second-order valence-corrected chi connectivity index (χ2v) is 3.76. The third-order valence-electron chi connectivity index (χ3n) is 1.80. The van der Waals surface area contributed by atoms with Crippen molar-refractivity contribution in [3.05, 3.63) is 28.2 Å². The Bertz CT molecular complexity index is 302. The molecule has 1 aromatic rings. The van der Waals surface area contributed by atoms with Crippen molar-refractivity contribution in [1.82, 2.24) is 0 Å². The van der Waals surface area contributed by atoms with Gasteiger partial charge in [0, 0.05) is 6.07 Å². The minimum atomic E-state index is -0.440. The largest absolute Gasteiger partial charge is 0.491 e. The molecule has 1 aromatic carbocycles. The molecule has 0 bridgehead atoms. The zero-order valence-electron chi connectivity index (χ0n) is 7.84. The lowest BCUT2D eigenvalue weighted by Crippen LogP contribution is -2.15. The van der Waals surface area contributed by atoms with Gasteiger partial charge in [0.2, 0.25) is 0 Å². The maximum atomic E-state index is 9.26. The third kappa shape index (κ3) is 3.37. The molecule has 0 radical (unpaired) electrons. The molecular weight excluding hydrogens is 223 g/mol. The van der Waals surface area contributed by atoms with Gasteiger partial charge in [-0.25, -0.2) is 0 Å². The summed E-state index contributed by atoms with van der Waals surface area (Å²) in [6.45, 7) is 2.16. The Hall–Kier alpha value is -0.440. The number of halogens is 2. The van der Waals surface area contributed by atoms with Crippen LogP contribution in [0.2, 0.25) is 10.0 Å². The summed E-state index contributed by atoms with van der Waals surface area (Å²) in [5, 5.41) is 10.2. The molecule has 0 heterocycles. The van der Waals surface area contributed by atoms with Crippen LogP contribution in [-0.4, -0.2) is 17.8 Å². The molecule has 0 fully saturated rings. The van der Waals surface area contributed by atoms with Crippen molar-refractivity contribution in [2.75, 3.05) is 6.61 Å². The Balaban J connectivity index is 2.55. The molecule has 0 saturated carbocycles. The van der Waals surface area contributed by atoms with Gasteiger partial charge in [-0.15, -0.1) is 0 Å². The van der Waals surface area contributed by atoms with Crippen LogP contribution in [0, 0.1) is 0 Å². The van der Waals surface area contributed by atoms with Crippen molar-refractivity contribution in [3.8, 4) is 5.75 Å². The molecule has 0 spiro atoms. The van der Waals surface area contributed by atoms with Gasteiger partial charge in [0.1, 0.15) is 12.4 Å². The standard InChI is InChI=1S/C10H12Cl2O2/c1-2-7(13)6-14-8-3-4-9(11)10(12)5-8/h3-5,7,13H,2,6H2,1H3. The molecule has 1 rings (SSSR count). The van der Waals surface area contributed by atoms with Gasteiger partial charge in [0.25, 0.3) is 0 Å². The molecule has 0 aliphatic carbocycles. The minimum absolute atomic E-state index is 0.272. The summed E-state index contributed by atoms with van der Waals surface area (Å²) < 4.78 is 5.30. The predicted octanol–water partition coefficient (Wildman–Crippen LogP) is 3.14. The van der Waals surface area contributed by atoms with Crippen LogP contribution in [0.1, 0.15) is 13.3 Å². The van der Waals surface area contributed by atoms with Crippen molar-refractivity contribution >= 4 is 23.2 Å². The number of aliphatic hydroxyl groups excluding tert-OH is 1. The fourth-order valence-electron chi connectivity index (χ4n) is 0.877. The van der Waals surface area contributed by atoms with Gasteiger partial charge in [-0.3, -0.25) is 0 Å². The van der Waals surface area contributed by atoms with E-state index >= 15 is 0 Å². The van der Waals surface area contributed by atoms with Gasteiger partial charge in [-0.05, 0) is 18.6 Å². The van der Waals surface area contributed by atoms with E-state index in [0.29, 0.717) is 22.2 Å². The smallest absolute Gasteiger partial charge is 0.121 e. The first-order valence-corrected chi connectivity index (χ1v) is 5.15.